The third-order valence-corrected chi connectivity index (χ3v) is 4.25. The molecule has 2 heteroatoms. The second kappa shape index (κ2) is 4.10. The first-order valence-corrected chi connectivity index (χ1v) is 6.38. The zero-order valence-corrected chi connectivity index (χ0v) is 9.73. The molecule has 1 aromatic rings. The van der Waals surface area contributed by atoms with Crippen molar-refractivity contribution in [1.82, 2.24) is 4.90 Å². The number of nitrogen functional groups attached to an aromatic ring is 1. The van der Waals surface area contributed by atoms with Gasteiger partial charge in [0.25, 0.3) is 0 Å². The fourth-order valence-corrected chi connectivity index (χ4v) is 3.38. The molecule has 1 heterocycles. The van der Waals surface area contributed by atoms with E-state index in [2.05, 4.69) is 17.0 Å². The Hall–Kier alpha value is -1.02. The van der Waals surface area contributed by atoms with E-state index in [0.29, 0.717) is 0 Å². The van der Waals surface area contributed by atoms with E-state index in [-0.39, 0.29) is 0 Å². The Morgan fingerprint density at radius 1 is 1.12 bits per heavy atom. The second-order valence-electron chi connectivity index (χ2n) is 5.34. The van der Waals surface area contributed by atoms with E-state index in [1.807, 2.05) is 12.1 Å². The smallest absolute Gasteiger partial charge is 0.0359 e. The van der Waals surface area contributed by atoms with Gasteiger partial charge in [0.2, 0.25) is 0 Å². The van der Waals surface area contributed by atoms with Crippen LogP contribution in [0.25, 0.3) is 0 Å². The SMILES string of the molecule is Nc1ccccc1CN1CC2CCCC2C1. The molecule has 1 aliphatic carbocycles. The minimum atomic E-state index is 0.944. The van der Waals surface area contributed by atoms with E-state index in [4.69, 9.17) is 5.73 Å². The van der Waals surface area contributed by atoms with Crippen molar-refractivity contribution in [3.63, 3.8) is 0 Å². The molecular formula is C14H20N2. The standard InChI is InChI=1S/C14H20N2/c15-14-7-2-1-4-13(14)10-16-8-11-5-3-6-12(11)9-16/h1-2,4,7,11-12H,3,5-6,8-10,15H2. The minimum absolute atomic E-state index is 0.944. The topological polar surface area (TPSA) is 29.3 Å². The maximum Gasteiger partial charge on any atom is 0.0359 e. The monoisotopic (exact) mass is 216 g/mol. The largest absolute Gasteiger partial charge is 0.398 e. The summed E-state index contributed by atoms with van der Waals surface area (Å²) in [4.78, 5) is 2.58. The molecule has 0 amide bonds. The third kappa shape index (κ3) is 1.82. The van der Waals surface area contributed by atoms with Crippen LogP contribution in [0.5, 0.6) is 0 Å². The van der Waals surface area contributed by atoms with E-state index >= 15 is 0 Å². The summed E-state index contributed by atoms with van der Waals surface area (Å²) in [6.45, 7) is 3.62. The summed E-state index contributed by atoms with van der Waals surface area (Å²) in [5.41, 5.74) is 8.23. The van der Waals surface area contributed by atoms with Crippen LogP contribution < -0.4 is 5.73 Å². The Bertz CT molecular complexity index is 363. The maximum absolute atomic E-state index is 5.99. The normalized spacial score (nSPS) is 29.5. The first-order valence-electron chi connectivity index (χ1n) is 6.38. The highest BCUT2D eigenvalue weighted by Gasteiger charge is 2.35. The Labute approximate surface area is 97.4 Å². The van der Waals surface area contributed by atoms with Gasteiger partial charge in [-0.05, 0) is 36.3 Å². The molecule has 2 unspecified atom stereocenters. The molecule has 3 rings (SSSR count). The quantitative estimate of drug-likeness (QED) is 0.770. The molecule has 2 nitrogen and oxygen atoms in total. The van der Waals surface area contributed by atoms with Gasteiger partial charge >= 0.3 is 0 Å². The molecule has 1 saturated heterocycles. The Balaban J connectivity index is 1.66. The lowest BCUT2D eigenvalue weighted by atomic mass is 10.0. The van der Waals surface area contributed by atoms with Gasteiger partial charge < -0.3 is 5.73 Å². The van der Waals surface area contributed by atoms with E-state index in [0.717, 1.165) is 24.1 Å². The number of benzene rings is 1. The zero-order chi connectivity index (χ0) is 11.0. The predicted molar refractivity (Wildman–Crippen MR) is 67.0 cm³/mol. The van der Waals surface area contributed by atoms with Gasteiger partial charge in [0.05, 0.1) is 0 Å². The van der Waals surface area contributed by atoms with Crippen molar-refractivity contribution in [2.75, 3.05) is 18.8 Å². The molecule has 2 atom stereocenters. The number of rotatable bonds is 2. The van der Waals surface area contributed by atoms with Gasteiger partial charge in [-0.3, -0.25) is 4.90 Å². The molecule has 1 aliphatic heterocycles. The van der Waals surface area contributed by atoms with Crippen molar-refractivity contribution in [2.24, 2.45) is 11.8 Å². The van der Waals surface area contributed by atoms with Gasteiger partial charge in [-0.2, -0.15) is 0 Å². The number of fused-ring (bicyclic) bond motifs is 1. The van der Waals surface area contributed by atoms with Crippen molar-refractivity contribution < 1.29 is 0 Å². The van der Waals surface area contributed by atoms with Crippen molar-refractivity contribution in [2.45, 2.75) is 25.8 Å². The molecule has 1 aromatic carbocycles. The van der Waals surface area contributed by atoms with Crippen molar-refractivity contribution >= 4 is 5.69 Å². The lowest BCUT2D eigenvalue weighted by Gasteiger charge is -2.17. The summed E-state index contributed by atoms with van der Waals surface area (Å²) in [6.07, 6.45) is 4.35. The molecule has 16 heavy (non-hydrogen) atoms. The van der Waals surface area contributed by atoms with Gasteiger partial charge in [-0.15, -0.1) is 0 Å². The minimum Gasteiger partial charge on any atom is -0.398 e. The summed E-state index contributed by atoms with van der Waals surface area (Å²) in [5.74, 6) is 1.95. The predicted octanol–water partition coefficient (Wildman–Crippen LogP) is 2.50. The van der Waals surface area contributed by atoms with E-state index in [9.17, 15) is 0 Å². The van der Waals surface area contributed by atoms with Gasteiger partial charge in [0.1, 0.15) is 0 Å². The molecule has 0 bridgehead atoms. The number of hydrogen-bond acceptors (Lipinski definition) is 2. The van der Waals surface area contributed by atoms with E-state index in [1.54, 1.807) is 0 Å². The van der Waals surface area contributed by atoms with Crippen LogP contribution in [0.1, 0.15) is 24.8 Å². The molecule has 2 aliphatic rings. The van der Waals surface area contributed by atoms with Gasteiger partial charge in [-0.25, -0.2) is 0 Å². The van der Waals surface area contributed by atoms with Gasteiger partial charge in [-0.1, -0.05) is 24.6 Å². The highest BCUT2D eigenvalue weighted by atomic mass is 15.2. The van der Waals surface area contributed by atoms with Crippen LogP contribution in [0.3, 0.4) is 0 Å². The number of hydrogen-bond donors (Lipinski definition) is 1. The number of para-hydroxylation sites is 1. The summed E-state index contributed by atoms with van der Waals surface area (Å²) < 4.78 is 0. The highest BCUT2D eigenvalue weighted by Crippen LogP contribution is 2.38. The summed E-state index contributed by atoms with van der Waals surface area (Å²) in [7, 11) is 0. The van der Waals surface area contributed by atoms with Gasteiger partial charge in [0, 0.05) is 25.3 Å². The average molecular weight is 216 g/mol. The Morgan fingerprint density at radius 2 is 1.81 bits per heavy atom. The first-order chi connectivity index (χ1) is 7.83. The second-order valence-corrected chi connectivity index (χ2v) is 5.34. The average Bonchev–Trinajstić information content (AvgIpc) is 2.81. The number of nitrogens with two attached hydrogens (primary N) is 1. The van der Waals surface area contributed by atoms with Crippen molar-refractivity contribution in [1.29, 1.82) is 0 Å². The molecule has 86 valence electrons. The highest BCUT2D eigenvalue weighted by molar-refractivity contribution is 5.46. The molecule has 2 fully saturated rings. The summed E-state index contributed by atoms with van der Waals surface area (Å²) in [6, 6.07) is 8.26. The van der Waals surface area contributed by atoms with Crippen molar-refractivity contribution in [3.8, 4) is 0 Å². The lowest BCUT2D eigenvalue weighted by molar-refractivity contribution is 0.304. The number of nitrogens with zero attached hydrogens (tertiary/aromatic N) is 1. The van der Waals surface area contributed by atoms with E-state index in [1.165, 1.54) is 37.9 Å². The zero-order valence-electron chi connectivity index (χ0n) is 9.73. The van der Waals surface area contributed by atoms with E-state index < -0.39 is 0 Å². The van der Waals surface area contributed by atoms with Crippen LogP contribution in [-0.4, -0.2) is 18.0 Å². The van der Waals surface area contributed by atoms with Crippen molar-refractivity contribution in [3.05, 3.63) is 29.8 Å². The Morgan fingerprint density at radius 3 is 2.50 bits per heavy atom. The number of anilines is 1. The van der Waals surface area contributed by atoms with Crippen LogP contribution >= 0.6 is 0 Å². The van der Waals surface area contributed by atoms with Crippen LogP contribution in [0.2, 0.25) is 0 Å². The first kappa shape index (κ1) is 10.2. The molecule has 0 radical (unpaired) electrons. The molecular weight excluding hydrogens is 196 g/mol. The fourth-order valence-electron chi connectivity index (χ4n) is 3.38. The third-order valence-electron chi connectivity index (χ3n) is 4.25. The lowest BCUT2D eigenvalue weighted by Crippen LogP contribution is -2.21. The van der Waals surface area contributed by atoms with Gasteiger partial charge in [0.15, 0.2) is 0 Å². The summed E-state index contributed by atoms with van der Waals surface area (Å²) >= 11 is 0. The Kier molecular flexibility index (Phi) is 2.60. The van der Waals surface area contributed by atoms with Crippen LogP contribution in [-0.2, 0) is 6.54 Å². The molecule has 1 saturated carbocycles. The summed E-state index contributed by atoms with van der Waals surface area (Å²) in [5, 5.41) is 0. The molecule has 0 spiro atoms. The van der Waals surface area contributed by atoms with Crippen LogP contribution in [0.15, 0.2) is 24.3 Å². The van der Waals surface area contributed by atoms with Crippen LogP contribution in [0.4, 0.5) is 5.69 Å². The fraction of sp³-hybridized carbons (Fsp3) is 0.571. The number of likely N-dealkylation sites (tertiary alicyclic amines) is 1. The molecule has 0 aromatic heterocycles. The molecule has 2 N–H and O–H groups in total. The van der Waals surface area contributed by atoms with Crippen LogP contribution in [0, 0.1) is 11.8 Å². The maximum atomic E-state index is 5.99.